The molecule has 98 valence electrons. The summed E-state index contributed by atoms with van der Waals surface area (Å²) >= 11 is 0. The molecule has 0 aromatic heterocycles. The summed E-state index contributed by atoms with van der Waals surface area (Å²) < 4.78 is 10.0. The molecule has 18 heavy (non-hydrogen) atoms. The van der Waals surface area contributed by atoms with E-state index in [1.807, 2.05) is 12.1 Å². The van der Waals surface area contributed by atoms with E-state index >= 15 is 0 Å². The number of hydrogen-bond donors (Lipinski definition) is 1. The van der Waals surface area contributed by atoms with E-state index in [-0.39, 0.29) is 18.1 Å². The van der Waals surface area contributed by atoms with Crippen molar-refractivity contribution in [2.45, 2.75) is 25.4 Å². The standard InChI is InChI=1S/C14H19NO3/c1-9-11-5-4-6-12(14(16)18-3)13(11)7-10(15-9)8-17-2/h4-6,9-10,15H,7-8H2,1-3H3/t9-,10+/m0/s1. The average Bonchev–Trinajstić information content (AvgIpc) is 2.38. The summed E-state index contributed by atoms with van der Waals surface area (Å²) in [5, 5.41) is 3.48. The number of ether oxygens (including phenoxy) is 2. The number of fused-ring (bicyclic) bond motifs is 1. The molecule has 0 spiro atoms. The molecule has 4 heteroatoms. The Kier molecular flexibility index (Phi) is 3.99. The third kappa shape index (κ3) is 2.40. The first-order chi connectivity index (χ1) is 8.67. The van der Waals surface area contributed by atoms with E-state index in [0.29, 0.717) is 12.2 Å². The minimum atomic E-state index is -0.267. The van der Waals surface area contributed by atoms with E-state index < -0.39 is 0 Å². The van der Waals surface area contributed by atoms with Crippen LogP contribution in [0.25, 0.3) is 0 Å². The van der Waals surface area contributed by atoms with Crippen molar-refractivity contribution in [2.75, 3.05) is 20.8 Å². The van der Waals surface area contributed by atoms with Crippen LogP contribution in [0.2, 0.25) is 0 Å². The van der Waals surface area contributed by atoms with Crippen molar-refractivity contribution >= 4 is 5.97 Å². The molecule has 0 saturated heterocycles. The van der Waals surface area contributed by atoms with Gasteiger partial charge in [0.25, 0.3) is 0 Å². The zero-order valence-electron chi connectivity index (χ0n) is 11.0. The third-order valence-electron chi connectivity index (χ3n) is 3.39. The van der Waals surface area contributed by atoms with Gasteiger partial charge < -0.3 is 14.8 Å². The van der Waals surface area contributed by atoms with Gasteiger partial charge >= 0.3 is 5.97 Å². The van der Waals surface area contributed by atoms with Gasteiger partial charge in [0.05, 0.1) is 19.3 Å². The summed E-state index contributed by atoms with van der Waals surface area (Å²) in [4.78, 5) is 11.8. The Bertz CT molecular complexity index is 445. The van der Waals surface area contributed by atoms with Crippen molar-refractivity contribution in [1.82, 2.24) is 5.32 Å². The first-order valence-electron chi connectivity index (χ1n) is 6.12. The van der Waals surface area contributed by atoms with Crippen molar-refractivity contribution in [1.29, 1.82) is 0 Å². The predicted octanol–water partition coefficient (Wildman–Crippen LogP) is 1.69. The minimum Gasteiger partial charge on any atom is -0.465 e. The second-order valence-electron chi connectivity index (χ2n) is 4.61. The number of esters is 1. The molecule has 2 rings (SSSR count). The van der Waals surface area contributed by atoms with Crippen molar-refractivity contribution in [3.8, 4) is 0 Å². The molecule has 0 bridgehead atoms. The zero-order chi connectivity index (χ0) is 13.1. The molecule has 0 fully saturated rings. The van der Waals surface area contributed by atoms with Gasteiger partial charge in [0, 0.05) is 19.2 Å². The molecule has 1 aliphatic rings. The number of benzene rings is 1. The quantitative estimate of drug-likeness (QED) is 0.828. The fraction of sp³-hybridized carbons (Fsp3) is 0.500. The van der Waals surface area contributed by atoms with Gasteiger partial charge in [0.1, 0.15) is 0 Å². The summed E-state index contributed by atoms with van der Waals surface area (Å²) in [6.45, 7) is 2.74. The van der Waals surface area contributed by atoms with Gasteiger partial charge in [-0.3, -0.25) is 0 Å². The Morgan fingerprint density at radius 1 is 1.44 bits per heavy atom. The second kappa shape index (κ2) is 5.50. The third-order valence-corrected chi connectivity index (χ3v) is 3.39. The zero-order valence-corrected chi connectivity index (χ0v) is 11.0. The van der Waals surface area contributed by atoms with E-state index in [2.05, 4.69) is 18.3 Å². The smallest absolute Gasteiger partial charge is 0.338 e. The lowest BCUT2D eigenvalue weighted by atomic mass is 9.87. The van der Waals surface area contributed by atoms with Crippen molar-refractivity contribution in [3.63, 3.8) is 0 Å². The molecule has 0 aliphatic carbocycles. The molecule has 4 nitrogen and oxygen atoms in total. The Balaban J connectivity index is 2.38. The fourth-order valence-corrected chi connectivity index (χ4v) is 2.60. The van der Waals surface area contributed by atoms with Crippen LogP contribution in [0.3, 0.4) is 0 Å². The molecule has 1 N–H and O–H groups in total. The van der Waals surface area contributed by atoms with Crippen LogP contribution < -0.4 is 5.32 Å². The van der Waals surface area contributed by atoms with Gasteiger partial charge in [0.2, 0.25) is 0 Å². The summed E-state index contributed by atoms with van der Waals surface area (Å²) in [5.41, 5.74) is 2.92. The highest BCUT2D eigenvalue weighted by atomic mass is 16.5. The average molecular weight is 249 g/mol. The van der Waals surface area contributed by atoms with E-state index in [1.165, 1.54) is 12.7 Å². The Morgan fingerprint density at radius 3 is 2.89 bits per heavy atom. The van der Waals surface area contributed by atoms with Crippen molar-refractivity contribution < 1.29 is 14.3 Å². The molecule has 1 aromatic rings. The van der Waals surface area contributed by atoms with Gasteiger partial charge in [0.15, 0.2) is 0 Å². The maximum absolute atomic E-state index is 11.8. The summed E-state index contributed by atoms with van der Waals surface area (Å²) in [6.07, 6.45) is 0.790. The lowest BCUT2D eigenvalue weighted by molar-refractivity contribution is 0.0598. The highest BCUT2D eigenvalue weighted by Crippen LogP contribution is 2.28. The van der Waals surface area contributed by atoms with Crippen LogP contribution in [0, 0.1) is 0 Å². The molecule has 0 saturated carbocycles. The topological polar surface area (TPSA) is 47.6 Å². The number of methoxy groups -OCH3 is 2. The second-order valence-corrected chi connectivity index (χ2v) is 4.61. The predicted molar refractivity (Wildman–Crippen MR) is 68.7 cm³/mol. The highest BCUT2D eigenvalue weighted by Gasteiger charge is 2.27. The van der Waals surface area contributed by atoms with Gasteiger partial charge in [-0.05, 0) is 30.5 Å². The molecular formula is C14H19NO3. The van der Waals surface area contributed by atoms with Gasteiger partial charge in [-0.1, -0.05) is 12.1 Å². The van der Waals surface area contributed by atoms with Crippen LogP contribution in [0.4, 0.5) is 0 Å². The maximum atomic E-state index is 11.8. The lowest BCUT2D eigenvalue weighted by Gasteiger charge is -2.31. The van der Waals surface area contributed by atoms with Gasteiger partial charge in [-0.2, -0.15) is 0 Å². The molecule has 0 amide bonds. The van der Waals surface area contributed by atoms with Crippen LogP contribution in [0.5, 0.6) is 0 Å². The van der Waals surface area contributed by atoms with Crippen molar-refractivity contribution in [3.05, 3.63) is 34.9 Å². The monoisotopic (exact) mass is 249 g/mol. The van der Waals surface area contributed by atoms with Crippen LogP contribution in [-0.2, 0) is 15.9 Å². The summed E-state index contributed by atoms with van der Waals surface area (Å²) in [5.74, 6) is -0.267. The SMILES string of the molecule is COC[C@H]1Cc2c(C(=O)OC)cccc2[C@H](C)N1. The van der Waals surface area contributed by atoms with E-state index in [4.69, 9.17) is 9.47 Å². The summed E-state index contributed by atoms with van der Waals surface area (Å²) in [7, 11) is 3.10. The normalized spacial score (nSPS) is 22.4. The first kappa shape index (κ1) is 13.1. The fourth-order valence-electron chi connectivity index (χ4n) is 2.60. The van der Waals surface area contributed by atoms with Gasteiger partial charge in [-0.25, -0.2) is 4.79 Å². The van der Waals surface area contributed by atoms with E-state index in [9.17, 15) is 4.79 Å². The van der Waals surface area contributed by atoms with Crippen molar-refractivity contribution in [2.24, 2.45) is 0 Å². The lowest BCUT2D eigenvalue weighted by Crippen LogP contribution is -2.41. The number of nitrogens with one attached hydrogen (secondary N) is 1. The minimum absolute atomic E-state index is 0.221. The van der Waals surface area contributed by atoms with Crippen LogP contribution in [0.1, 0.15) is 34.5 Å². The van der Waals surface area contributed by atoms with E-state index in [0.717, 1.165) is 12.0 Å². The largest absolute Gasteiger partial charge is 0.465 e. The number of rotatable bonds is 3. The number of hydrogen-bond acceptors (Lipinski definition) is 4. The molecule has 1 aliphatic heterocycles. The highest BCUT2D eigenvalue weighted by molar-refractivity contribution is 5.91. The van der Waals surface area contributed by atoms with E-state index in [1.54, 1.807) is 7.11 Å². The molecular weight excluding hydrogens is 230 g/mol. The molecule has 0 unspecified atom stereocenters. The Hall–Kier alpha value is -1.39. The summed E-state index contributed by atoms with van der Waals surface area (Å²) in [6, 6.07) is 6.25. The molecule has 1 aromatic carbocycles. The molecule has 2 atom stereocenters. The Morgan fingerprint density at radius 2 is 2.22 bits per heavy atom. The van der Waals surface area contributed by atoms with Crippen LogP contribution in [0.15, 0.2) is 18.2 Å². The maximum Gasteiger partial charge on any atom is 0.338 e. The first-order valence-corrected chi connectivity index (χ1v) is 6.12. The van der Waals surface area contributed by atoms with Crippen LogP contribution >= 0.6 is 0 Å². The molecule has 0 radical (unpaired) electrons. The Labute approximate surface area is 107 Å². The van der Waals surface area contributed by atoms with Crippen LogP contribution in [-0.4, -0.2) is 32.8 Å². The number of carbonyl (C=O) groups is 1. The van der Waals surface area contributed by atoms with Gasteiger partial charge in [-0.15, -0.1) is 0 Å². The number of carbonyl (C=O) groups excluding carboxylic acids is 1. The molecule has 1 heterocycles.